The molecule has 142 valence electrons. The van der Waals surface area contributed by atoms with Gasteiger partial charge in [0.1, 0.15) is 6.07 Å². The molecule has 0 aromatic rings. The van der Waals surface area contributed by atoms with Crippen molar-refractivity contribution in [1.82, 2.24) is 9.80 Å². The number of hydrogen-bond donors (Lipinski definition) is 1. The van der Waals surface area contributed by atoms with Gasteiger partial charge in [-0.05, 0) is 51.0 Å². The van der Waals surface area contributed by atoms with Crippen LogP contribution in [0.15, 0.2) is 22.9 Å². The van der Waals surface area contributed by atoms with E-state index in [1.54, 1.807) is 0 Å². The van der Waals surface area contributed by atoms with Gasteiger partial charge < -0.3 is 10.6 Å². The molecule has 0 aromatic heterocycles. The van der Waals surface area contributed by atoms with Crippen LogP contribution in [-0.2, 0) is 0 Å². The van der Waals surface area contributed by atoms with Crippen molar-refractivity contribution in [3.8, 4) is 18.2 Å². The first-order valence-electron chi connectivity index (χ1n) is 9.91. The van der Waals surface area contributed by atoms with E-state index in [2.05, 4.69) is 47.9 Å². The highest BCUT2D eigenvalue weighted by atomic mass is 15.1. The van der Waals surface area contributed by atoms with E-state index in [9.17, 15) is 15.8 Å². The molecule has 0 aromatic carbocycles. The summed E-state index contributed by atoms with van der Waals surface area (Å²) >= 11 is 0. The van der Waals surface area contributed by atoms with Gasteiger partial charge in [-0.2, -0.15) is 15.8 Å². The Hall–Kier alpha value is -2.33. The quantitative estimate of drug-likeness (QED) is 0.823. The Bertz CT molecular complexity index is 765. The molecule has 27 heavy (non-hydrogen) atoms. The largest absolute Gasteiger partial charge is 0.399 e. The molecule has 0 unspecified atom stereocenters. The lowest BCUT2D eigenvalue weighted by Gasteiger charge is -2.57. The summed E-state index contributed by atoms with van der Waals surface area (Å²) in [6.07, 6.45) is 4.67. The minimum absolute atomic E-state index is 0.00180. The highest BCUT2D eigenvalue weighted by Crippen LogP contribution is 2.61. The third-order valence-electron chi connectivity index (χ3n) is 6.94. The number of allylic oxidation sites excluding steroid dienone is 2. The second-order valence-electron chi connectivity index (χ2n) is 7.94. The van der Waals surface area contributed by atoms with Gasteiger partial charge in [-0.25, -0.2) is 0 Å². The molecule has 1 spiro atoms. The lowest BCUT2D eigenvalue weighted by Crippen LogP contribution is -2.60. The number of rotatable bonds is 3. The number of likely N-dealkylation sites (tertiary alicyclic amines) is 1. The second kappa shape index (κ2) is 7.35. The fourth-order valence-electron chi connectivity index (χ4n) is 5.41. The van der Waals surface area contributed by atoms with E-state index in [1.165, 1.54) is 0 Å². The Kier molecular flexibility index (Phi) is 5.29. The molecule has 0 amide bonds. The van der Waals surface area contributed by atoms with Crippen LogP contribution in [0.2, 0.25) is 0 Å². The summed E-state index contributed by atoms with van der Waals surface area (Å²) in [6, 6.07) is 6.81. The van der Waals surface area contributed by atoms with Crippen LogP contribution in [0.5, 0.6) is 0 Å². The zero-order valence-corrected chi connectivity index (χ0v) is 16.3. The Morgan fingerprint density at radius 1 is 1.15 bits per heavy atom. The Morgan fingerprint density at radius 3 is 2.33 bits per heavy atom. The third-order valence-corrected chi connectivity index (χ3v) is 6.94. The predicted octanol–water partition coefficient (Wildman–Crippen LogP) is 2.14. The lowest BCUT2D eigenvalue weighted by atomic mass is 9.47. The van der Waals surface area contributed by atoms with Gasteiger partial charge in [0.05, 0.1) is 23.4 Å². The van der Waals surface area contributed by atoms with E-state index in [0.29, 0.717) is 5.57 Å². The summed E-state index contributed by atoms with van der Waals surface area (Å²) in [4.78, 5) is 4.73. The molecule has 0 saturated carbocycles. The summed E-state index contributed by atoms with van der Waals surface area (Å²) < 4.78 is 0. The standard InChI is InChI=1S/C21H28N6/c1-3-8-27-9-5-16-17(12-22)19(25)21(14-23,15-24)20(18(16)13-27)6-10-26(4-2)11-7-20/h5,18H,3-4,6-11,13,25H2,1-2H3/t18-/m0/s1. The van der Waals surface area contributed by atoms with E-state index in [4.69, 9.17) is 5.73 Å². The molecule has 1 fully saturated rings. The first kappa shape index (κ1) is 19.4. The van der Waals surface area contributed by atoms with Gasteiger partial charge in [0, 0.05) is 24.4 Å². The van der Waals surface area contributed by atoms with Gasteiger partial charge >= 0.3 is 0 Å². The van der Waals surface area contributed by atoms with Gasteiger partial charge in [-0.3, -0.25) is 4.90 Å². The van der Waals surface area contributed by atoms with Crippen molar-refractivity contribution in [1.29, 1.82) is 15.8 Å². The lowest BCUT2D eigenvalue weighted by molar-refractivity contribution is -0.00936. The van der Waals surface area contributed by atoms with E-state index in [0.717, 1.165) is 64.1 Å². The van der Waals surface area contributed by atoms with Crippen molar-refractivity contribution in [3.63, 3.8) is 0 Å². The summed E-state index contributed by atoms with van der Waals surface area (Å²) in [5.41, 5.74) is 5.94. The number of hydrogen-bond acceptors (Lipinski definition) is 6. The summed E-state index contributed by atoms with van der Waals surface area (Å²) in [6.45, 7) is 9.52. The van der Waals surface area contributed by atoms with Crippen molar-refractivity contribution in [2.24, 2.45) is 22.5 Å². The van der Waals surface area contributed by atoms with E-state index >= 15 is 0 Å². The van der Waals surface area contributed by atoms with Gasteiger partial charge in [0.25, 0.3) is 0 Å². The number of nitrogens with zero attached hydrogens (tertiary/aromatic N) is 5. The number of nitriles is 3. The van der Waals surface area contributed by atoms with Gasteiger partial charge in [0.15, 0.2) is 5.41 Å². The molecular formula is C21H28N6. The maximum absolute atomic E-state index is 10.2. The summed E-state index contributed by atoms with van der Waals surface area (Å²) in [5.74, 6) is -0.00180. The van der Waals surface area contributed by atoms with E-state index in [1.807, 2.05) is 0 Å². The molecule has 6 nitrogen and oxygen atoms in total. The molecular weight excluding hydrogens is 336 g/mol. The van der Waals surface area contributed by atoms with Gasteiger partial charge in [-0.1, -0.05) is 19.9 Å². The van der Waals surface area contributed by atoms with Crippen LogP contribution in [0.25, 0.3) is 0 Å². The molecule has 6 heteroatoms. The van der Waals surface area contributed by atoms with Crippen molar-refractivity contribution >= 4 is 0 Å². The third kappa shape index (κ3) is 2.66. The molecule has 3 aliphatic rings. The molecule has 2 heterocycles. The predicted molar refractivity (Wildman–Crippen MR) is 103 cm³/mol. The smallest absolute Gasteiger partial charge is 0.190 e. The zero-order valence-electron chi connectivity index (χ0n) is 16.3. The zero-order chi connectivity index (χ0) is 19.7. The Balaban J connectivity index is 2.19. The van der Waals surface area contributed by atoms with Crippen LogP contribution in [-0.4, -0.2) is 49.1 Å². The van der Waals surface area contributed by atoms with Crippen LogP contribution in [0.3, 0.4) is 0 Å². The number of piperidine rings is 1. The van der Waals surface area contributed by atoms with Crippen molar-refractivity contribution in [2.75, 3.05) is 39.3 Å². The molecule has 2 aliphatic heterocycles. The van der Waals surface area contributed by atoms with Crippen molar-refractivity contribution < 1.29 is 0 Å². The highest BCUT2D eigenvalue weighted by molar-refractivity contribution is 5.58. The van der Waals surface area contributed by atoms with Crippen LogP contribution in [0.1, 0.15) is 33.1 Å². The maximum atomic E-state index is 10.2. The van der Waals surface area contributed by atoms with E-state index in [-0.39, 0.29) is 11.6 Å². The first-order chi connectivity index (χ1) is 13.0. The van der Waals surface area contributed by atoms with Crippen molar-refractivity contribution in [2.45, 2.75) is 33.1 Å². The van der Waals surface area contributed by atoms with Crippen LogP contribution in [0.4, 0.5) is 0 Å². The average Bonchev–Trinajstić information content (AvgIpc) is 2.70. The fraction of sp³-hybridized carbons (Fsp3) is 0.667. The van der Waals surface area contributed by atoms with E-state index < -0.39 is 10.8 Å². The SMILES string of the molecule is CCCN1CC=C2C(C#N)=C(N)C(C#N)(C#N)C3(CCN(CC)CC3)[C@H]2C1. The minimum atomic E-state index is -1.44. The topological polar surface area (TPSA) is 104 Å². The summed E-state index contributed by atoms with van der Waals surface area (Å²) in [5, 5.41) is 30.2. The molecule has 3 rings (SSSR count). The molecule has 0 bridgehead atoms. The highest BCUT2D eigenvalue weighted by Gasteiger charge is 2.64. The number of nitrogens with two attached hydrogens (primary N) is 1. The molecule has 1 saturated heterocycles. The van der Waals surface area contributed by atoms with Crippen LogP contribution >= 0.6 is 0 Å². The first-order valence-corrected chi connectivity index (χ1v) is 9.91. The molecule has 1 aliphatic carbocycles. The summed E-state index contributed by atoms with van der Waals surface area (Å²) in [7, 11) is 0. The molecule has 1 atom stereocenters. The Labute approximate surface area is 162 Å². The molecule has 2 N–H and O–H groups in total. The van der Waals surface area contributed by atoms with Gasteiger partial charge in [0.2, 0.25) is 0 Å². The monoisotopic (exact) mass is 364 g/mol. The second-order valence-corrected chi connectivity index (χ2v) is 7.94. The normalized spacial score (nSPS) is 27.2. The molecule has 0 radical (unpaired) electrons. The van der Waals surface area contributed by atoms with Crippen molar-refractivity contribution in [3.05, 3.63) is 22.9 Å². The van der Waals surface area contributed by atoms with Gasteiger partial charge in [-0.15, -0.1) is 0 Å². The average molecular weight is 364 g/mol. The minimum Gasteiger partial charge on any atom is -0.399 e. The van der Waals surface area contributed by atoms with Crippen LogP contribution < -0.4 is 5.73 Å². The maximum Gasteiger partial charge on any atom is 0.190 e. The number of fused-ring (bicyclic) bond motifs is 2. The fourth-order valence-corrected chi connectivity index (χ4v) is 5.41. The Morgan fingerprint density at radius 2 is 1.81 bits per heavy atom. The van der Waals surface area contributed by atoms with Crippen LogP contribution in [0, 0.1) is 50.7 Å².